The van der Waals surface area contributed by atoms with Crippen LogP contribution in [0.3, 0.4) is 0 Å². The second-order valence-electron chi connectivity index (χ2n) is 5.18. The van der Waals surface area contributed by atoms with Gasteiger partial charge < -0.3 is 9.84 Å². The van der Waals surface area contributed by atoms with Crippen molar-refractivity contribution in [2.45, 2.75) is 6.92 Å². The van der Waals surface area contributed by atoms with Crippen molar-refractivity contribution in [1.29, 1.82) is 0 Å². The molecule has 3 rings (SSSR count). The molecule has 7 heteroatoms. The van der Waals surface area contributed by atoms with Gasteiger partial charge in [0.05, 0.1) is 23.5 Å². The molecule has 0 saturated heterocycles. The van der Waals surface area contributed by atoms with E-state index in [1.165, 1.54) is 7.11 Å². The van der Waals surface area contributed by atoms with Crippen LogP contribution in [0.5, 0.6) is 11.5 Å². The number of nitrogens with zero attached hydrogens (tertiary/aromatic N) is 2. The lowest BCUT2D eigenvalue weighted by atomic mass is 10.1. The maximum atomic E-state index is 10.00. The molecule has 0 amide bonds. The van der Waals surface area contributed by atoms with Crippen LogP contribution in [0.2, 0.25) is 0 Å². The Morgan fingerprint density at radius 2 is 2.00 bits per heavy atom. The minimum Gasteiger partial charge on any atom is -0.503 e. The molecule has 0 bridgehead atoms. The Labute approximate surface area is 158 Å². The van der Waals surface area contributed by atoms with E-state index < -0.39 is 0 Å². The number of aromatic nitrogens is 1. The van der Waals surface area contributed by atoms with Gasteiger partial charge in [0.2, 0.25) is 5.13 Å². The van der Waals surface area contributed by atoms with E-state index >= 15 is 0 Å². The van der Waals surface area contributed by atoms with Crippen molar-refractivity contribution >= 4 is 38.6 Å². The number of hydrazone groups is 1. The highest BCUT2D eigenvalue weighted by Crippen LogP contribution is 2.36. The summed E-state index contributed by atoms with van der Waals surface area (Å²) in [7, 11) is 1.51. The number of ether oxygens (including phenoxy) is 1. The standard InChI is InChI=1S/C18H16BrN3O2S/c1-11-16(12-6-4-3-5-7-12)21-18(25-11)22-20-10-13-8-9-14(24-2)17(23)15(13)19/h3-10,23H,1-2H3,(H,21,22)/b20-10+. The summed E-state index contributed by atoms with van der Waals surface area (Å²) < 4.78 is 5.59. The molecule has 0 radical (unpaired) electrons. The van der Waals surface area contributed by atoms with Gasteiger partial charge in [0, 0.05) is 16.0 Å². The van der Waals surface area contributed by atoms with Crippen molar-refractivity contribution in [2.75, 3.05) is 12.5 Å². The van der Waals surface area contributed by atoms with Gasteiger partial charge in [0.1, 0.15) is 0 Å². The Bertz CT molecular complexity index is 910. The number of anilines is 1. The molecule has 2 aromatic carbocycles. The fourth-order valence-corrected chi connectivity index (χ4v) is 3.51. The Kier molecular flexibility index (Phi) is 5.35. The zero-order chi connectivity index (χ0) is 17.8. The normalized spacial score (nSPS) is 11.0. The molecule has 0 saturated carbocycles. The number of phenols is 1. The van der Waals surface area contributed by atoms with E-state index in [-0.39, 0.29) is 5.75 Å². The Hall–Kier alpha value is -2.38. The average molecular weight is 418 g/mol. The maximum absolute atomic E-state index is 10.00. The number of rotatable bonds is 5. The Morgan fingerprint density at radius 3 is 2.72 bits per heavy atom. The van der Waals surface area contributed by atoms with E-state index in [0.717, 1.165) is 21.7 Å². The molecule has 1 aromatic heterocycles. The van der Waals surface area contributed by atoms with Crippen molar-refractivity contribution < 1.29 is 9.84 Å². The van der Waals surface area contributed by atoms with Gasteiger partial charge >= 0.3 is 0 Å². The quantitative estimate of drug-likeness (QED) is 0.450. The van der Waals surface area contributed by atoms with Gasteiger partial charge in [-0.3, -0.25) is 5.43 Å². The van der Waals surface area contributed by atoms with Crippen molar-refractivity contribution in [2.24, 2.45) is 5.10 Å². The largest absolute Gasteiger partial charge is 0.503 e. The average Bonchev–Trinajstić information content (AvgIpc) is 3.00. The van der Waals surface area contributed by atoms with Gasteiger partial charge in [-0.05, 0) is 35.0 Å². The smallest absolute Gasteiger partial charge is 0.204 e. The lowest BCUT2D eigenvalue weighted by Crippen LogP contribution is -1.93. The van der Waals surface area contributed by atoms with Gasteiger partial charge in [-0.15, -0.1) is 11.3 Å². The Morgan fingerprint density at radius 1 is 1.24 bits per heavy atom. The van der Waals surface area contributed by atoms with Crippen LogP contribution in [0.4, 0.5) is 5.13 Å². The minimum absolute atomic E-state index is 0.0444. The molecule has 128 valence electrons. The number of hydrogen-bond donors (Lipinski definition) is 2. The SMILES string of the molecule is COc1ccc(/C=N/Nc2nc(-c3ccccc3)c(C)s2)c(Br)c1O. The van der Waals surface area contributed by atoms with Crippen LogP contribution < -0.4 is 10.2 Å². The first-order valence-electron chi connectivity index (χ1n) is 7.47. The predicted molar refractivity (Wildman–Crippen MR) is 106 cm³/mol. The topological polar surface area (TPSA) is 66.7 Å². The predicted octanol–water partition coefficient (Wildman–Crippen LogP) is 5.04. The summed E-state index contributed by atoms with van der Waals surface area (Å²) in [5, 5.41) is 14.9. The van der Waals surface area contributed by atoms with Crippen LogP contribution in [0.15, 0.2) is 52.0 Å². The summed E-state index contributed by atoms with van der Waals surface area (Å²) in [6.07, 6.45) is 1.61. The van der Waals surface area contributed by atoms with E-state index in [0.29, 0.717) is 15.4 Å². The molecule has 0 fully saturated rings. The fourth-order valence-electron chi connectivity index (χ4n) is 2.29. The third-order valence-electron chi connectivity index (χ3n) is 3.54. The summed E-state index contributed by atoms with van der Waals surface area (Å²) in [5.41, 5.74) is 5.70. The van der Waals surface area contributed by atoms with E-state index in [1.807, 2.05) is 37.3 Å². The number of halogens is 1. The lowest BCUT2D eigenvalue weighted by molar-refractivity contribution is 0.372. The summed E-state index contributed by atoms with van der Waals surface area (Å²) >= 11 is 4.88. The molecule has 3 aromatic rings. The number of nitrogens with one attached hydrogen (secondary N) is 1. The lowest BCUT2D eigenvalue weighted by Gasteiger charge is -2.06. The van der Waals surface area contributed by atoms with E-state index in [9.17, 15) is 5.11 Å². The highest BCUT2D eigenvalue weighted by molar-refractivity contribution is 9.10. The number of aromatic hydroxyl groups is 1. The molecule has 0 atom stereocenters. The third-order valence-corrected chi connectivity index (χ3v) is 5.25. The third kappa shape index (κ3) is 3.83. The summed E-state index contributed by atoms with van der Waals surface area (Å²) in [6, 6.07) is 13.5. The fraction of sp³-hybridized carbons (Fsp3) is 0.111. The molecule has 0 spiro atoms. The van der Waals surface area contributed by atoms with Crippen LogP contribution in [0.25, 0.3) is 11.3 Å². The summed E-state index contributed by atoms with van der Waals surface area (Å²) in [4.78, 5) is 5.71. The highest BCUT2D eigenvalue weighted by Gasteiger charge is 2.10. The van der Waals surface area contributed by atoms with Gasteiger partial charge in [0.15, 0.2) is 11.5 Å². The summed E-state index contributed by atoms with van der Waals surface area (Å²) in [6.45, 7) is 2.03. The van der Waals surface area contributed by atoms with E-state index in [4.69, 9.17) is 4.74 Å². The molecule has 0 aliphatic heterocycles. The molecule has 0 aliphatic rings. The van der Waals surface area contributed by atoms with Crippen LogP contribution >= 0.6 is 27.3 Å². The van der Waals surface area contributed by atoms with Gasteiger partial charge in [-0.2, -0.15) is 5.10 Å². The molecule has 25 heavy (non-hydrogen) atoms. The zero-order valence-corrected chi connectivity index (χ0v) is 16.1. The maximum Gasteiger partial charge on any atom is 0.204 e. The number of methoxy groups -OCH3 is 1. The Balaban J connectivity index is 1.76. The number of benzene rings is 2. The van der Waals surface area contributed by atoms with Crippen LogP contribution in [-0.4, -0.2) is 23.4 Å². The summed E-state index contributed by atoms with van der Waals surface area (Å²) in [5.74, 6) is 0.447. The molecule has 2 N–H and O–H groups in total. The van der Waals surface area contributed by atoms with E-state index in [1.54, 1.807) is 29.7 Å². The second kappa shape index (κ2) is 7.67. The minimum atomic E-state index is 0.0444. The second-order valence-corrected chi connectivity index (χ2v) is 7.18. The molecule has 1 heterocycles. The van der Waals surface area contributed by atoms with Crippen molar-refractivity contribution in [1.82, 2.24) is 4.98 Å². The highest BCUT2D eigenvalue weighted by atomic mass is 79.9. The molecular formula is C18H16BrN3O2S. The molecule has 0 aliphatic carbocycles. The zero-order valence-electron chi connectivity index (χ0n) is 13.7. The monoisotopic (exact) mass is 417 g/mol. The first-order chi connectivity index (χ1) is 12.1. The molecular weight excluding hydrogens is 402 g/mol. The van der Waals surface area contributed by atoms with Crippen molar-refractivity contribution in [3.8, 4) is 22.8 Å². The van der Waals surface area contributed by atoms with Crippen LogP contribution in [0, 0.1) is 6.92 Å². The van der Waals surface area contributed by atoms with Crippen molar-refractivity contribution in [3.05, 3.63) is 57.4 Å². The number of aryl methyl sites for hydroxylation is 1. The number of phenolic OH excluding ortho intramolecular Hbond substituents is 1. The van der Waals surface area contributed by atoms with Crippen LogP contribution in [0.1, 0.15) is 10.4 Å². The first-order valence-corrected chi connectivity index (χ1v) is 9.08. The van der Waals surface area contributed by atoms with Gasteiger partial charge in [-0.1, -0.05) is 30.3 Å². The molecule has 0 unspecified atom stereocenters. The first kappa shape index (κ1) is 17.4. The number of hydrogen-bond acceptors (Lipinski definition) is 6. The van der Waals surface area contributed by atoms with Gasteiger partial charge in [0.25, 0.3) is 0 Å². The van der Waals surface area contributed by atoms with E-state index in [2.05, 4.69) is 31.4 Å². The van der Waals surface area contributed by atoms with Crippen LogP contribution in [-0.2, 0) is 0 Å². The molecule has 5 nitrogen and oxygen atoms in total. The number of thiazole rings is 1. The van der Waals surface area contributed by atoms with Crippen molar-refractivity contribution in [3.63, 3.8) is 0 Å². The van der Waals surface area contributed by atoms with Gasteiger partial charge in [-0.25, -0.2) is 4.98 Å².